The van der Waals surface area contributed by atoms with Crippen molar-refractivity contribution in [3.8, 4) is 0 Å². The van der Waals surface area contributed by atoms with Crippen LogP contribution in [0.25, 0.3) is 0 Å². The fraction of sp³-hybridized carbons (Fsp3) is 0.643. The minimum Gasteiger partial charge on any atom is -0.481 e. The number of non-ortho nitro benzene ring substituents is 1. The fourth-order valence-corrected chi connectivity index (χ4v) is 6.05. The number of amides is 1. The Bertz CT molecular complexity index is 926. The summed E-state index contributed by atoms with van der Waals surface area (Å²) in [6.45, 7) is 11.4. The maximum atomic E-state index is 12.9. The number of nitro benzene ring substituents is 1. The van der Waals surface area contributed by atoms with Crippen LogP contribution in [0.4, 0.5) is 10.5 Å². The van der Waals surface area contributed by atoms with Crippen LogP contribution in [-0.2, 0) is 16.1 Å². The average Bonchev–Trinajstić information content (AvgIpc) is 3.33. The molecule has 1 aromatic rings. The molecule has 1 heterocycles. The lowest BCUT2D eigenvalue weighted by molar-refractivity contribution is -0.384. The van der Waals surface area contributed by atoms with Crippen LogP contribution in [0.15, 0.2) is 36.9 Å². The summed E-state index contributed by atoms with van der Waals surface area (Å²) in [6.07, 6.45) is 6.69. The van der Waals surface area contributed by atoms with Crippen LogP contribution < -0.4 is 0 Å². The lowest BCUT2D eigenvalue weighted by Gasteiger charge is -2.38. The Morgan fingerprint density at radius 1 is 1.22 bits per heavy atom. The molecule has 9 nitrogen and oxygen atoms in total. The van der Waals surface area contributed by atoms with E-state index in [1.54, 1.807) is 23.1 Å². The van der Waals surface area contributed by atoms with Crippen LogP contribution in [0.1, 0.15) is 57.9 Å². The van der Waals surface area contributed by atoms with Crippen LogP contribution >= 0.6 is 0 Å². The molecular weight excluding hydrogens is 474 g/mol. The standard InChI is InChI=1S/C28H41N3O6/c1-4-13-30(28(34)37-19-21-6-9-25(10-7-21)31(35)36)24-11-14-29(15-12-24)18-22-5-8-23(16-22)26(20(2)3)17-27(32)33/h4,6-7,9-10,20,22-24,26H,1,5,8,11-19H2,2-3H3,(H,32,33)/t22-,23?,26?/m1/s1. The first-order valence-electron chi connectivity index (χ1n) is 13.4. The van der Waals surface area contributed by atoms with Gasteiger partial charge in [0.15, 0.2) is 0 Å². The number of carboxylic acid groups (broad SMARTS) is 1. The summed E-state index contributed by atoms with van der Waals surface area (Å²) in [5, 5.41) is 20.1. The predicted octanol–water partition coefficient (Wildman–Crippen LogP) is 5.35. The molecule has 9 heteroatoms. The molecule has 0 aromatic heterocycles. The summed E-state index contributed by atoms with van der Waals surface area (Å²) in [7, 11) is 0. The van der Waals surface area contributed by atoms with E-state index in [2.05, 4.69) is 25.3 Å². The van der Waals surface area contributed by atoms with Gasteiger partial charge >= 0.3 is 12.1 Å². The van der Waals surface area contributed by atoms with Gasteiger partial charge in [0.1, 0.15) is 6.61 Å². The van der Waals surface area contributed by atoms with Crippen molar-refractivity contribution in [2.45, 2.75) is 65.0 Å². The van der Waals surface area contributed by atoms with Gasteiger partial charge in [-0.05, 0) is 73.5 Å². The molecule has 1 aromatic carbocycles. The number of carbonyl (C=O) groups is 2. The number of benzene rings is 1. The van der Waals surface area contributed by atoms with Crippen molar-refractivity contribution in [2.24, 2.45) is 23.7 Å². The highest BCUT2D eigenvalue weighted by molar-refractivity contribution is 5.68. The van der Waals surface area contributed by atoms with Crippen LogP contribution in [0.5, 0.6) is 0 Å². The summed E-state index contributed by atoms with van der Waals surface area (Å²) in [5.74, 6) is 1.03. The van der Waals surface area contributed by atoms with E-state index in [1.165, 1.54) is 12.1 Å². The molecule has 0 radical (unpaired) electrons. The van der Waals surface area contributed by atoms with Crippen molar-refractivity contribution in [2.75, 3.05) is 26.2 Å². The fourth-order valence-electron chi connectivity index (χ4n) is 6.05. The van der Waals surface area contributed by atoms with E-state index in [4.69, 9.17) is 4.74 Å². The van der Waals surface area contributed by atoms with Crippen molar-refractivity contribution in [3.05, 3.63) is 52.6 Å². The molecule has 1 aliphatic carbocycles. The highest BCUT2D eigenvalue weighted by Crippen LogP contribution is 2.40. The molecule has 1 saturated heterocycles. The normalized spacial score (nSPS) is 21.5. The van der Waals surface area contributed by atoms with Gasteiger partial charge in [0.05, 0.1) is 4.92 Å². The van der Waals surface area contributed by atoms with E-state index < -0.39 is 17.0 Å². The van der Waals surface area contributed by atoms with Gasteiger partial charge in [0.2, 0.25) is 0 Å². The third kappa shape index (κ3) is 8.28. The third-order valence-electron chi connectivity index (χ3n) is 8.04. The number of hydrogen-bond donors (Lipinski definition) is 1. The van der Waals surface area contributed by atoms with Gasteiger partial charge in [-0.3, -0.25) is 14.9 Å². The summed E-state index contributed by atoms with van der Waals surface area (Å²) >= 11 is 0. The van der Waals surface area contributed by atoms with Crippen molar-refractivity contribution in [3.63, 3.8) is 0 Å². The number of aliphatic carboxylic acids is 1. The number of likely N-dealkylation sites (tertiary alicyclic amines) is 1. The first-order chi connectivity index (χ1) is 17.7. The Kier molecular flexibility index (Phi) is 10.5. The van der Waals surface area contributed by atoms with E-state index in [-0.39, 0.29) is 30.7 Å². The number of nitro groups is 1. The van der Waals surface area contributed by atoms with Crippen LogP contribution in [0.2, 0.25) is 0 Å². The molecule has 3 rings (SSSR count). The molecule has 37 heavy (non-hydrogen) atoms. The van der Waals surface area contributed by atoms with Crippen LogP contribution in [0.3, 0.4) is 0 Å². The van der Waals surface area contributed by atoms with Gasteiger partial charge in [-0.25, -0.2) is 4.79 Å². The number of nitrogens with zero attached hydrogens (tertiary/aromatic N) is 3. The Balaban J connectivity index is 1.46. The van der Waals surface area contributed by atoms with E-state index in [0.717, 1.165) is 51.7 Å². The van der Waals surface area contributed by atoms with Crippen LogP contribution in [0, 0.1) is 33.8 Å². The molecule has 2 fully saturated rings. The quantitative estimate of drug-likeness (QED) is 0.227. The molecule has 2 aliphatic rings. The molecule has 1 aliphatic heterocycles. The lowest BCUT2D eigenvalue weighted by atomic mass is 9.79. The Hall–Kier alpha value is -2.94. The third-order valence-corrected chi connectivity index (χ3v) is 8.04. The van der Waals surface area contributed by atoms with Gasteiger partial charge in [-0.2, -0.15) is 0 Å². The highest BCUT2D eigenvalue weighted by Gasteiger charge is 2.35. The van der Waals surface area contributed by atoms with Crippen LogP contribution in [-0.4, -0.2) is 64.1 Å². The average molecular weight is 516 g/mol. The number of carboxylic acids is 1. The Morgan fingerprint density at radius 3 is 2.46 bits per heavy atom. The minimum atomic E-state index is -0.695. The van der Waals surface area contributed by atoms with Gasteiger partial charge < -0.3 is 19.6 Å². The SMILES string of the molecule is C=CCN(C(=O)OCc1ccc([N+](=O)[O-])cc1)C1CCN(C[C@@H]2CCC(C(CC(=O)O)C(C)C)C2)CC1. The second-order valence-electron chi connectivity index (χ2n) is 10.9. The second-order valence-corrected chi connectivity index (χ2v) is 10.9. The molecule has 204 valence electrons. The van der Waals surface area contributed by atoms with Crippen molar-refractivity contribution < 1.29 is 24.4 Å². The summed E-state index contributed by atoms with van der Waals surface area (Å²) in [5.41, 5.74) is 0.702. The largest absolute Gasteiger partial charge is 0.481 e. The van der Waals surface area contributed by atoms with Gasteiger partial charge in [-0.15, -0.1) is 6.58 Å². The van der Waals surface area contributed by atoms with E-state index in [1.807, 2.05) is 0 Å². The predicted molar refractivity (Wildman–Crippen MR) is 141 cm³/mol. The topological polar surface area (TPSA) is 113 Å². The lowest BCUT2D eigenvalue weighted by Crippen LogP contribution is -2.48. The summed E-state index contributed by atoms with van der Waals surface area (Å²) in [4.78, 5) is 38.8. The van der Waals surface area contributed by atoms with Crippen molar-refractivity contribution in [1.29, 1.82) is 0 Å². The second kappa shape index (κ2) is 13.6. The Morgan fingerprint density at radius 2 is 1.89 bits per heavy atom. The molecule has 2 unspecified atom stereocenters. The molecule has 1 saturated carbocycles. The molecule has 0 bridgehead atoms. The monoisotopic (exact) mass is 515 g/mol. The molecule has 3 atom stereocenters. The van der Waals surface area contributed by atoms with E-state index >= 15 is 0 Å². The van der Waals surface area contributed by atoms with Crippen molar-refractivity contribution in [1.82, 2.24) is 9.80 Å². The number of hydrogen-bond acceptors (Lipinski definition) is 6. The molecule has 0 spiro atoms. The number of ether oxygens (including phenoxy) is 1. The van der Waals surface area contributed by atoms with Gasteiger partial charge in [0.25, 0.3) is 5.69 Å². The Labute approximate surface area is 219 Å². The minimum absolute atomic E-state index is 0.00300. The van der Waals surface area contributed by atoms with Gasteiger partial charge in [0, 0.05) is 50.8 Å². The zero-order valence-electron chi connectivity index (χ0n) is 22.1. The van der Waals surface area contributed by atoms with Gasteiger partial charge in [-0.1, -0.05) is 19.9 Å². The summed E-state index contributed by atoms with van der Waals surface area (Å²) < 4.78 is 5.53. The molecule has 1 N–H and O–H groups in total. The maximum absolute atomic E-state index is 12.9. The molecular formula is C28H41N3O6. The number of piperidine rings is 1. The maximum Gasteiger partial charge on any atom is 0.410 e. The first-order valence-corrected chi connectivity index (χ1v) is 13.4. The smallest absolute Gasteiger partial charge is 0.410 e. The number of rotatable bonds is 12. The zero-order chi connectivity index (χ0) is 26.9. The van der Waals surface area contributed by atoms with Crippen molar-refractivity contribution >= 4 is 17.7 Å². The molecule has 1 amide bonds. The highest BCUT2D eigenvalue weighted by atomic mass is 16.6. The number of carbonyl (C=O) groups excluding carboxylic acids is 1. The zero-order valence-corrected chi connectivity index (χ0v) is 22.1. The first kappa shape index (κ1) is 28.6. The van der Waals surface area contributed by atoms with E-state index in [9.17, 15) is 24.8 Å². The summed E-state index contributed by atoms with van der Waals surface area (Å²) in [6, 6.07) is 6.08. The van der Waals surface area contributed by atoms with E-state index in [0.29, 0.717) is 29.9 Å².